The minimum absolute atomic E-state index is 0.286. The molecule has 0 fully saturated rings. The van der Waals surface area contributed by atoms with Crippen LogP contribution in [0.5, 0.6) is 11.5 Å². The largest absolute Gasteiger partial charge is 0.497 e. The second kappa shape index (κ2) is 6.30. The Bertz CT molecular complexity index is 628. The van der Waals surface area contributed by atoms with Gasteiger partial charge in [0.2, 0.25) is 0 Å². The summed E-state index contributed by atoms with van der Waals surface area (Å²) in [5.74, 6) is 0.988. The fourth-order valence-electron chi connectivity index (χ4n) is 1.71. The van der Waals surface area contributed by atoms with E-state index in [1.807, 2.05) is 0 Å². The SMILES string of the molecule is COc1cccc(NC(=O)c2ccc(OC)cc2Cl)c1. The molecule has 0 unspecified atom stereocenters. The van der Waals surface area contributed by atoms with E-state index in [0.717, 1.165) is 0 Å². The molecule has 2 aromatic rings. The predicted molar refractivity (Wildman–Crippen MR) is 79.0 cm³/mol. The molecular weight excluding hydrogens is 278 g/mol. The highest BCUT2D eigenvalue weighted by atomic mass is 35.5. The Kier molecular flexibility index (Phi) is 4.48. The van der Waals surface area contributed by atoms with E-state index in [0.29, 0.717) is 27.8 Å². The maximum absolute atomic E-state index is 12.2. The van der Waals surface area contributed by atoms with Crippen LogP contribution >= 0.6 is 11.6 Å². The number of anilines is 1. The van der Waals surface area contributed by atoms with E-state index >= 15 is 0 Å². The molecule has 2 aromatic carbocycles. The average molecular weight is 292 g/mol. The maximum Gasteiger partial charge on any atom is 0.257 e. The Labute approximate surface area is 122 Å². The van der Waals surface area contributed by atoms with Crippen molar-refractivity contribution in [3.05, 3.63) is 53.1 Å². The molecule has 0 aliphatic carbocycles. The number of carbonyl (C=O) groups excluding carboxylic acids is 1. The van der Waals surface area contributed by atoms with Crippen LogP contribution in [0.1, 0.15) is 10.4 Å². The Morgan fingerprint density at radius 3 is 2.40 bits per heavy atom. The third-order valence-corrected chi connectivity index (χ3v) is 3.06. The summed E-state index contributed by atoms with van der Waals surface area (Å²) in [5, 5.41) is 3.10. The molecule has 0 aromatic heterocycles. The summed E-state index contributed by atoms with van der Waals surface area (Å²) in [5.41, 5.74) is 1.02. The molecule has 0 radical (unpaired) electrons. The molecule has 1 amide bonds. The van der Waals surface area contributed by atoms with Gasteiger partial charge >= 0.3 is 0 Å². The fraction of sp³-hybridized carbons (Fsp3) is 0.133. The zero-order valence-electron chi connectivity index (χ0n) is 11.1. The minimum atomic E-state index is -0.286. The molecule has 0 saturated carbocycles. The summed E-state index contributed by atoms with van der Waals surface area (Å²) in [6, 6.07) is 12.0. The van der Waals surface area contributed by atoms with Crippen molar-refractivity contribution in [1.82, 2.24) is 0 Å². The van der Waals surface area contributed by atoms with Crippen LogP contribution in [0.15, 0.2) is 42.5 Å². The molecule has 0 aliphatic heterocycles. The first-order valence-electron chi connectivity index (χ1n) is 5.93. The number of hydrogen-bond donors (Lipinski definition) is 1. The van der Waals surface area contributed by atoms with Gasteiger partial charge in [-0.3, -0.25) is 4.79 Å². The van der Waals surface area contributed by atoms with Crippen molar-refractivity contribution in [3.8, 4) is 11.5 Å². The summed E-state index contributed by atoms with van der Waals surface area (Å²) in [6.45, 7) is 0. The standard InChI is InChI=1S/C15H14ClNO3/c1-19-11-5-3-4-10(8-11)17-15(18)13-7-6-12(20-2)9-14(13)16/h3-9H,1-2H3,(H,17,18). The molecule has 0 bridgehead atoms. The molecule has 5 heteroatoms. The second-order valence-corrected chi connectivity index (χ2v) is 4.44. The molecule has 1 N–H and O–H groups in total. The zero-order chi connectivity index (χ0) is 14.5. The zero-order valence-corrected chi connectivity index (χ0v) is 11.9. The first-order valence-corrected chi connectivity index (χ1v) is 6.31. The van der Waals surface area contributed by atoms with Gasteiger partial charge in [-0.05, 0) is 30.3 Å². The van der Waals surface area contributed by atoms with Crippen molar-refractivity contribution in [2.75, 3.05) is 19.5 Å². The Balaban J connectivity index is 2.19. The summed E-state index contributed by atoms with van der Waals surface area (Å²) >= 11 is 6.06. The van der Waals surface area contributed by atoms with E-state index in [4.69, 9.17) is 21.1 Å². The Morgan fingerprint density at radius 2 is 1.75 bits per heavy atom. The maximum atomic E-state index is 12.2. The van der Waals surface area contributed by atoms with Gasteiger partial charge in [0.05, 0.1) is 24.8 Å². The highest BCUT2D eigenvalue weighted by molar-refractivity contribution is 6.34. The van der Waals surface area contributed by atoms with Crippen LogP contribution in [-0.2, 0) is 0 Å². The van der Waals surface area contributed by atoms with Crippen molar-refractivity contribution < 1.29 is 14.3 Å². The smallest absolute Gasteiger partial charge is 0.257 e. The van der Waals surface area contributed by atoms with E-state index in [1.54, 1.807) is 56.7 Å². The number of amides is 1. The number of benzene rings is 2. The molecule has 0 spiro atoms. The van der Waals surface area contributed by atoms with Crippen LogP contribution in [0.2, 0.25) is 5.02 Å². The number of methoxy groups -OCH3 is 2. The van der Waals surface area contributed by atoms with E-state index < -0.39 is 0 Å². The first kappa shape index (κ1) is 14.2. The molecule has 0 saturated heterocycles. The summed E-state index contributed by atoms with van der Waals surface area (Å²) in [7, 11) is 3.11. The number of nitrogens with one attached hydrogen (secondary N) is 1. The second-order valence-electron chi connectivity index (χ2n) is 4.03. The van der Waals surface area contributed by atoms with Gasteiger partial charge in [0.25, 0.3) is 5.91 Å². The van der Waals surface area contributed by atoms with Crippen LogP contribution in [-0.4, -0.2) is 20.1 Å². The molecule has 104 valence electrons. The highest BCUT2D eigenvalue weighted by Crippen LogP contribution is 2.24. The summed E-state index contributed by atoms with van der Waals surface area (Å²) < 4.78 is 10.1. The van der Waals surface area contributed by atoms with Gasteiger partial charge in [0.15, 0.2) is 0 Å². The fourth-order valence-corrected chi connectivity index (χ4v) is 1.96. The molecule has 4 nitrogen and oxygen atoms in total. The van der Waals surface area contributed by atoms with Gasteiger partial charge < -0.3 is 14.8 Å². The van der Waals surface area contributed by atoms with Crippen molar-refractivity contribution in [2.24, 2.45) is 0 Å². The Morgan fingerprint density at radius 1 is 1.05 bits per heavy atom. The molecule has 0 atom stereocenters. The van der Waals surface area contributed by atoms with Gasteiger partial charge in [-0.2, -0.15) is 0 Å². The quantitative estimate of drug-likeness (QED) is 0.936. The lowest BCUT2D eigenvalue weighted by molar-refractivity contribution is 0.102. The van der Waals surface area contributed by atoms with Crippen molar-refractivity contribution in [1.29, 1.82) is 0 Å². The molecule has 0 heterocycles. The number of ether oxygens (including phenoxy) is 2. The van der Waals surface area contributed by atoms with Crippen molar-refractivity contribution in [2.45, 2.75) is 0 Å². The van der Waals surface area contributed by atoms with E-state index in [2.05, 4.69) is 5.32 Å². The van der Waals surface area contributed by atoms with E-state index in [9.17, 15) is 4.79 Å². The van der Waals surface area contributed by atoms with Crippen LogP contribution < -0.4 is 14.8 Å². The highest BCUT2D eigenvalue weighted by Gasteiger charge is 2.11. The van der Waals surface area contributed by atoms with E-state index in [1.165, 1.54) is 0 Å². The lowest BCUT2D eigenvalue weighted by Gasteiger charge is -2.09. The average Bonchev–Trinajstić information content (AvgIpc) is 2.47. The number of rotatable bonds is 4. The van der Waals surface area contributed by atoms with Crippen LogP contribution in [0.25, 0.3) is 0 Å². The lowest BCUT2D eigenvalue weighted by Crippen LogP contribution is -2.12. The van der Waals surface area contributed by atoms with Crippen molar-refractivity contribution in [3.63, 3.8) is 0 Å². The minimum Gasteiger partial charge on any atom is -0.497 e. The number of hydrogen-bond acceptors (Lipinski definition) is 3. The van der Waals surface area contributed by atoms with Crippen LogP contribution in [0, 0.1) is 0 Å². The molecule has 0 aliphatic rings. The number of carbonyl (C=O) groups is 1. The summed E-state index contributed by atoms with van der Waals surface area (Å²) in [4.78, 5) is 12.2. The molecule has 20 heavy (non-hydrogen) atoms. The van der Waals surface area contributed by atoms with Gasteiger partial charge in [0.1, 0.15) is 11.5 Å². The van der Waals surface area contributed by atoms with Gasteiger partial charge in [-0.1, -0.05) is 17.7 Å². The molecule has 2 rings (SSSR count). The number of halogens is 1. The predicted octanol–water partition coefficient (Wildman–Crippen LogP) is 3.61. The van der Waals surface area contributed by atoms with Crippen molar-refractivity contribution >= 4 is 23.2 Å². The normalized spacial score (nSPS) is 9.95. The van der Waals surface area contributed by atoms with Gasteiger partial charge in [0, 0.05) is 11.8 Å². The van der Waals surface area contributed by atoms with E-state index in [-0.39, 0.29) is 5.91 Å². The van der Waals surface area contributed by atoms with Gasteiger partial charge in [-0.25, -0.2) is 0 Å². The topological polar surface area (TPSA) is 47.6 Å². The monoisotopic (exact) mass is 291 g/mol. The third-order valence-electron chi connectivity index (χ3n) is 2.75. The molecular formula is C15H14ClNO3. The lowest BCUT2D eigenvalue weighted by atomic mass is 10.2. The third kappa shape index (κ3) is 3.22. The van der Waals surface area contributed by atoms with Crippen LogP contribution in [0.4, 0.5) is 5.69 Å². The summed E-state index contributed by atoms with van der Waals surface area (Å²) in [6.07, 6.45) is 0. The van der Waals surface area contributed by atoms with Crippen LogP contribution in [0.3, 0.4) is 0 Å². The first-order chi connectivity index (χ1) is 9.63. The Hall–Kier alpha value is -2.20. The van der Waals surface area contributed by atoms with Gasteiger partial charge in [-0.15, -0.1) is 0 Å².